The molecular weight excluding hydrogens is 973 g/mol. The third-order valence-electron chi connectivity index (χ3n) is 14.6. The first-order valence-corrected chi connectivity index (χ1v) is 33.7. The summed E-state index contributed by atoms with van der Waals surface area (Å²) in [6, 6.07) is 0. The molecule has 0 aromatic carbocycles. The van der Waals surface area contributed by atoms with Crippen molar-refractivity contribution in [1.29, 1.82) is 0 Å². The summed E-state index contributed by atoms with van der Waals surface area (Å²) in [7, 11) is 0. The highest BCUT2D eigenvalue weighted by atomic mass is 16.6. The van der Waals surface area contributed by atoms with Gasteiger partial charge in [0.2, 0.25) is 0 Å². The van der Waals surface area contributed by atoms with Crippen LogP contribution in [0.2, 0.25) is 0 Å². The molecule has 1 unspecified atom stereocenters. The van der Waals surface area contributed by atoms with Crippen molar-refractivity contribution in [3.8, 4) is 0 Å². The normalized spacial score (nSPS) is 12.7. The zero-order valence-electron chi connectivity index (χ0n) is 52.1. The molecule has 0 radical (unpaired) electrons. The molecule has 0 N–H and O–H groups in total. The summed E-state index contributed by atoms with van der Waals surface area (Å²) in [4.78, 5) is 38.4. The lowest BCUT2D eigenvalue weighted by atomic mass is 10.0. The van der Waals surface area contributed by atoms with Crippen LogP contribution < -0.4 is 0 Å². The van der Waals surface area contributed by atoms with Gasteiger partial charge in [-0.1, -0.05) is 311 Å². The highest BCUT2D eigenvalue weighted by Gasteiger charge is 2.19. The van der Waals surface area contributed by atoms with Crippen molar-refractivity contribution in [2.45, 2.75) is 335 Å². The van der Waals surface area contributed by atoms with E-state index in [0.29, 0.717) is 19.3 Å². The summed E-state index contributed by atoms with van der Waals surface area (Å²) in [6.07, 6.45) is 89.9. The second-order valence-corrected chi connectivity index (χ2v) is 22.3. The molecule has 0 rings (SSSR count). The molecule has 1 atom stereocenters. The van der Waals surface area contributed by atoms with E-state index in [2.05, 4.69) is 118 Å². The quantitative estimate of drug-likeness (QED) is 0.0261. The van der Waals surface area contributed by atoms with E-state index in [-0.39, 0.29) is 31.1 Å². The molecule has 0 fully saturated rings. The summed E-state index contributed by atoms with van der Waals surface area (Å²) >= 11 is 0. The van der Waals surface area contributed by atoms with Crippen molar-refractivity contribution < 1.29 is 28.6 Å². The third-order valence-corrected chi connectivity index (χ3v) is 14.6. The van der Waals surface area contributed by atoms with Gasteiger partial charge in [-0.2, -0.15) is 0 Å². The lowest BCUT2D eigenvalue weighted by Crippen LogP contribution is -2.30. The van der Waals surface area contributed by atoms with Gasteiger partial charge in [0.1, 0.15) is 13.2 Å². The van der Waals surface area contributed by atoms with E-state index in [1.165, 1.54) is 154 Å². The van der Waals surface area contributed by atoms with Gasteiger partial charge >= 0.3 is 17.9 Å². The van der Waals surface area contributed by atoms with Crippen LogP contribution in [0.5, 0.6) is 0 Å². The van der Waals surface area contributed by atoms with E-state index in [1.54, 1.807) is 0 Å². The Morgan fingerprint density at radius 1 is 0.266 bits per heavy atom. The first kappa shape index (κ1) is 75.3. The molecule has 0 saturated heterocycles. The van der Waals surface area contributed by atoms with Crippen molar-refractivity contribution in [1.82, 2.24) is 0 Å². The summed E-state index contributed by atoms with van der Waals surface area (Å²) in [5.41, 5.74) is 0. The Balaban J connectivity index is 4.39. The molecule has 0 aliphatic rings. The topological polar surface area (TPSA) is 78.9 Å². The van der Waals surface area contributed by atoms with Crippen LogP contribution in [-0.4, -0.2) is 37.2 Å². The Labute approximate surface area is 489 Å². The van der Waals surface area contributed by atoms with Crippen molar-refractivity contribution >= 4 is 17.9 Å². The highest BCUT2D eigenvalue weighted by molar-refractivity contribution is 5.71. The van der Waals surface area contributed by atoms with E-state index >= 15 is 0 Å². The van der Waals surface area contributed by atoms with Gasteiger partial charge in [0.25, 0.3) is 0 Å². The molecule has 6 heteroatoms. The fourth-order valence-electron chi connectivity index (χ4n) is 9.60. The Bertz CT molecular complexity index is 1540. The fourth-order valence-corrected chi connectivity index (χ4v) is 9.60. The van der Waals surface area contributed by atoms with E-state index in [4.69, 9.17) is 14.2 Å². The molecule has 0 saturated carbocycles. The summed E-state index contributed by atoms with van der Waals surface area (Å²) in [5.74, 6) is -0.901. The number of rotatable bonds is 61. The molecule has 0 aliphatic carbocycles. The minimum atomic E-state index is -0.794. The van der Waals surface area contributed by atoms with Gasteiger partial charge in [-0.15, -0.1) is 0 Å². The Morgan fingerprint density at radius 3 is 0.772 bits per heavy atom. The molecule has 0 aromatic rings. The molecule has 0 heterocycles. The van der Waals surface area contributed by atoms with Gasteiger partial charge in [0.05, 0.1) is 0 Å². The molecular formula is C73H126O6. The largest absolute Gasteiger partial charge is 0.462 e. The van der Waals surface area contributed by atoms with Gasteiger partial charge in [-0.05, 0) is 96.3 Å². The van der Waals surface area contributed by atoms with E-state index in [0.717, 1.165) is 135 Å². The maximum atomic E-state index is 12.9. The zero-order chi connectivity index (χ0) is 57.1. The number of allylic oxidation sites excluding steroid dienone is 16. The monoisotopic (exact) mass is 1100 g/mol. The Hall–Kier alpha value is -3.67. The molecule has 0 aromatic heterocycles. The standard InChI is InChI=1S/C73H126O6/c1-4-7-10-13-16-19-22-25-28-31-33-35-36-38-39-42-45-48-51-54-57-60-63-66-72(75)78-69-70(68-77-71(74)65-62-59-56-53-50-47-44-41-30-27-24-21-18-15-12-9-6-3)79-73(76)67-64-61-58-55-52-49-46-43-40-37-34-32-29-26-23-20-17-14-11-8-5-2/h8-9,11-12,17-18,20-21,26-27,29-30,34,37,43,46,70H,4-7,10,13-16,19,22-25,28,31-33,35-36,38-42,44-45,47-69H2,1-3H3/b11-8-,12-9-,20-17-,21-18-,29-26-,30-27-,37-34-,46-43-. The summed E-state index contributed by atoms with van der Waals surface area (Å²) in [5, 5.41) is 0. The predicted molar refractivity (Wildman–Crippen MR) is 344 cm³/mol. The minimum Gasteiger partial charge on any atom is -0.462 e. The number of hydrogen-bond donors (Lipinski definition) is 0. The van der Waals surface area contributed by atoms with E-state index in [1.807, 2.05) is 0 Å². The Kier molecular flexibility index (Phi) is 63.7. The number of carbonyl (C=O) groups excluding carboxylic acids is 3. The van der Waals surface area contributed by atoms with Crippen molar-refractivity contribution in [2.75, 3.05) is 13.2 Å². The van der Waals surface area contributed by atoms with E-state index < -0.39 is 6.10 Å². The highest BCUT2D eigenvalue weighted by Crippen LogP contribution is 2.17. The number of hydrogen-bond acceptors (Lipinski definition) is 6. The van der Waals surface area contributed by atoms with Gasteiger partial charge in [-0.3, -0.25) is 14.4 Å². The second-order valence-electron chi connectivity index (χ2n) is 22.3. The SMILES string of the molecule is CC/C=C\C/C=C\C/C=C\C/C=C\C/C=C\CCCCCCCC(=O)OC(COC(=O)CCCCCCCCC/C=C\C/C=C\C/C=C\CC)COC(=O)CCCCCCCCCCCCCCCCCCCCCCCCC. The van der Waals surface area contributed by atoms with Crippen LogP contribution in [-0.2, 0) is 28.6 Å². The minimum absolute atomic E-state index is 0.0865. The molecule has 0 amide bonds. The van der Waals surface area contributed by atoms with Crippen molar-refractivity contribution in [2.24, 2.45) is 0 Å². The first-order chi connectivity index (χ1) is 39.0. The Morgan fingerprint density at radius 2 is 0.494 bits per heavy atom. The molecule has 0 spiro atoms. The first-order valence-electron chi connectivity index (χ1n) is 33.7. The lowest BCUT2D eigenvalue weighted by molar-refractivity contribution is -0.167. The number of carbonyl (C=O) groups is 3. The number of unbranched alkanes of at least 4 members (excludes halogenated alkanes) is 34. The van der Waals surface area contributed by atoms with Crippen LogP contribution in [0.4, 0.5) is 0 Å². The predicted octanol–water partition coefficient (Wildman–Crippen LogP) is 23.2. The maximum Gasteiger partial charge on any atom is 0.306 e. The molecule has 79 heavy (non-hydrogen) atoms. The summed E-state index contributed by atoms with van der Waals surface area (Å²) < 4.78 is 17.0. The van der Waals surface area contributed by atoms with Crippen LogP contribution >= 0.6 is 0 Å². The molecule has 454 valence electrons. The average molecular weight is 1100 g/mol. The van der Waals surface area contributed by atoms with Gasteiger partial charge in [0, 0.05) is 19.3 Å². The smallest absolute Gasteiger partial charge is 0.306 e. The van der Waals surface area contributed by atoms with Crippen LogP contribution in [0.1, 0.15) is 329 Å². The van der Waals surface area contributed by atoms with Gasteiger partial charge < -0.3 is 14.2 Å². The molecule has 6 nitrogen and oxygen atoms in total. The van der Waals surface area contributed by atoms with Gasteiger partial charge in [0.15, 0.2) is 6.10 Å². The fraction of sp³-hybridized carbons (Fsp3) is 0.740. The molecule has 0 aliphatic heterocycles. The van der Waals surface area contributed by atoms with E-state index in [9.17, 15) is 14.4 Å². The van der Waals surface area contributed by atoms with Crippen LogP contribution in [0.25, 0.3) is 0 Å². The van der Waals surface area contributed by atoms with Crippen LogP contribution in [0.3, 0.4) is 0 Å². The van der Waals surface area contributed by atoms with Gasteiger partial charge in [-0.25, -0.2) is 0 Å². The summed E-state index contributed by atoms with van der Waals surface area (Å²) in [6.45, 7) is 6.44. The number of ether oxygens (including phenoxy) is 3. The van der Waals surface area contributed by atoms with Crippen LogP contribution in [0, 0.1) is 0 Å². The zero-order valence-corrected chi connectivity index (χ0v) is 52.1. The van der Waals surface area contributed by atoms with Crippen LogP contribution in [0.15, 0.2) is 97.2 Å². The van der Waals surface area contributed by atoms with Crippen molar-refractivity contribution in [3.63, 3.8) is 0 Å². The lowest BCUT2D eigenvalue weighted by Gasteiger charge is -2.18. The average Bonchev–Trinajstić information content (AvgIpc) is 3.45. The third kappa shape index (κ3) is 65.0. The molecule has 0 bridgehead atoms. The number of esters is 3. The maximum absolute atomic E-state index is 12.9. The second kappa shape index (κ2) is 66.8. The van der Waals surface area contributed by atoms with Crippen molar-refractivity contribution in [3.05, 3.63) is 97.2 Å².